The molecule has 0 aliphatic carbocycles. The Morgan fingerprint density at radius 3 is 1.38 bits per heavy atom. The summed E-state index contributed by atoms with van der Waals surface area (Å²) in [6, 6.07) is 75.6. The molecule has 4 heterocycles. The largest absolute Gasteiger partial charge is 0.309 e. The van der Waals surface area contributed by atoms with E-state index >= 15 is 0 Å². The Labute approximate surface area is 366 Å². The average molecular weight is 822 g/mol. The van der Waals surface area contributed by atoms with E-state index in [1.54, 1.807) is 0 Å². The molecule has 0 N–H and O–H groups in total. The van der Waals surface area contributed by atoms with Gasteiger partial charge < -0.3 is 9.13 Å². The molecular weight excluding hydrogens is 787 g/mol. The number of aromatic nitrogens is 5. The number of hydrogen-bond donors (Lipinski definition) is 0. The van der Waals surface area contributed by atoms with Gasteiger partial charge in [-0.3, -0.25) is 0 Å². The number of para-hydroxylation sites is 3. The zero-order valence-electron chi connectivity index (χ0n) is 33.9. The quantitative estimate of drug-likeness (QED) is 0.168. The van der Waals surface area contributed by atoms with Crippen molar-refractivity contribution < 1.29 is 0 Å². The van der Waals surface area contributed by atoms with Gasteiger partial charge in [0.25, 0.3) is 0 Å². The summed E-state index contributed by atoms with van der Waals surface area (Å²) in [6.45, 7) is 0. The van der Waals surface area contributed by atoms with Crippen molar-refractivity contribution in [3.63, 3.8) is 0 Å². The number of fused-ring (bicyclic) bond motifs is 9. The van der Waals surface area contributed by atoms with Crippen molar-refractivity contribution in [3.8, 4) is 56.7 Å². The minimum absolute atomic E-state index is 0.625. The van der Waals surface area contributed by atoms with Crippen LogP contribution in [0.2, 0.25) is 0 Å². The van der Waals surface area contributed by atoms with E-state index in [9.17, 15) is 0 Å². The molecule has 13 rings (SSSR count). The fraction of sp³-hybridized carbons (Fsp3) is 0. The monoisotopic (exact) mass is 821 g/mol. The zero-order chi connectivity index (χ0) is 41.4. The first-order valence-corrected chi connectivity index (χ1v) is 22.0. The van der Waals surface area contributed by atoms with E-state index in [-0.39, 0.29) is 0 Å². The Kier molecular flexibility index (Phi) is 8.01. The summed E-state index contributed by atoms with van der Waals surface area (Å²) in [5, 5.41) is 7.53. The van der Waals surface area contributed by atoms with Gasteiger partial charge in [0.15, 0.2) is 17.5 Å². The van der Waals surface area contributed by atoms with Gasteiger partial charge in [0, 0.05) is 69.8 Å². The lowest BCUT2D eigenvalue weighted by Crippen LogP contribution is -2.01. The highest BCUT2D eigenvalue weighted by molar-refractivity contribution is 7.25. The summed E-state index contributed by atoms with van der Waals surface area (Å²) in [4.78, 5) is 15.3. The third kappa shape index (κ3) is 5.80. The highest BCUT2D eigenvalue weighted by Gasteiger charge is 2.19. The predicted octanol–water partition coefficient (Wildman–Crippen LogP) is 15.1. The van der Waals surface area contributed by atoms with Gasteiger partial charge in [-0.05, 0) is 65.7 Å². The second-order valence-electron chi connectivity index (χ2n) is 16.0. The van der Waals surface area contributed by atoms with E-state index in [0.29, 0.717) is 17.5 Å². The summed E-state index contributed by atoms with van der Waals surface area (Å²) in [6.07, 6.45) is 0. The van der Waals surface area contributed by atoms with Crippen LogP contribution in [-0.2, 0) is 0 Å². The Morgan fingerprint density at radius 2 is 0.730 bits per heavy atom. The summed E-state index contributed by atoms with van der Waals surface area (Å²) >= 11 is 1.86. The van der Waals surface area contributed by atoms with E-state index in [0.717, 1.165) is 39.0 Å². The second kappa shape index (κ2) is 14.2. The Hall–Kier alpha value is -8.19. The first-order valence-electron chi connectivity index (χ1n) is 21.2. The second-order valence-corrected chi connectivity index (χ2v) is 17.1. The molecule has 0 fully saturated rings. The molecule has 4 aromatic heterocycles. The van der Waals surface area contributed by atoms with Crippen LogP contribution in [-0.4, -0.2) is 24.1 Å². The number of benzene rings is 9. The molecule has 0 unspecified atom stereocenters. The van der Waals surface area contributed by atoms with Crippen molar-refractivity contribution in [2.75, 3.05) is 0 Å². The van der Waals surface area contributed by atoms with E-state index in [1.165, 1.54) is 64.0 Å². The van der Waals surface area contributed by atoms with Gasteiger partial charge in [0.2, 0.25) is 0 Å². The molecule has 0 saturated carbocycles. The van der Waals surface area contributed by atoms with Gasteiger partial charge in [-0.25, -0.2) is 15.0 Å². The molecule has 0 radical (unpaired) electrons. The number of rotatable bonds is 6. The molecule has 5 nitrogen and oxygen atoms in total. The van der Waals surface area contributed by atoms with Gasteiger partial charge in [-0.1, -0.05) is 158 Å². The maximum absolute atomic E-state index is 5.14. The minimum Gasteiger partial charge on any atom is -0.309 e. The van der Waals surface area contributed by atoms with Crippen LogP contribution in [0.15, 0.2) is 212 Å². The standard InChI is InChI=1S/C57H35N5S/c1-3-14-36(15-4-1)37-26-28-39(29-27-37)56-58-55(38-16-5-2-6-17-38)59-57(60-56)40-18-13-19-41(32-40)62-51-25-12-9-22-45(51)47-34-48-46-31-30-42(33-53(46)63-54(48)35-52(47)62)61-49-23-10-7-20-43(49)44-21-8-11-24-50(44)61/h1-35H. The summed E-state index contributed by atoms with van der Waals surface area (Å²) in [7, 11) is 0. The molecule has 0 amide bonds. The summed E-state index contributed by atoms with van der Waals surface area (Å²) in [5.74, 6) is 1.90. The molecular formula is C57H35N5S. The van der Waals surface area contributed by atoms with E-state index in [4.69, 9.17) is 15.0 Å². The molecule has 0 aliphatic heterocycles. The molecule has 0 aliphatic rings. The van der Waals surface area contributed by atoms with Crippen LogP contribution in [0.3, 0.4) is 0 Å². The molecule has 0 bridgehead atoms. The lowest BCUT2D eigenvalue weighted by molar-refractivity contribution is 1.07. The van der Waals surface area contributed by atoms with Crippen molar-refractivity contribution >= 4 is 75.1 Å². The first-order chi connectivity index (χ1) is 31.2. The molecule has 0 spiro atoms. The van der Waals surface area contributed by atoms with Gasteiger partial charge in [0.05, 0.1) is 22.1 Å². The smallest absolute Gasteiger partial charge is 0.164 e. The maximum Gasteiger partial charge on any atom is 0.164 e. The van der Waals surface area contributed by atoms with Gasteiger partial charge in [0.1, 0.15) is 0 Å². The van der Waals surface area contributed by atoms with Crippen molar-refractivity contribution in [2.24, 2.45) is 0 Å². The number of nitrogens with zero attached hydrogens (tertiary/aromatic N) is 5. The van der Waals surface area contributed by atoms with Crippen LogP contribution in [0.25, 0.3) is 120 Å². The molecule has 63 heavy (non-hydrogen) atoms. The molecule has 13 aromatic rings. The zero-order valence-corrected chi connectivity index (χ0v) is 34.7. The highest BCUT2D eigenvalue weighted by atomic mass is 32.1. The molecule has 0 saturated heterocycles. The van der Waals surface area contributed by atoms with E-state index in [2.05, 4.69) is 197 Å². The van der Waals surface area contributed by atoms with Crippen molar-refractivity contribution in [1.82, 2.24) is 24.1 Å². The maximum atomic E-state index is 5.14. The van der Waals surface area contributed by atoms with Crippen LogP contribution < -0.4 is 0 Å². The third-order valence-corrected chi connectivity index (χ3v) is 13.5. The minimum atomic E-state index is 0.625. The molecule has 6 heteroatoms. The van der Waals surface area contributed by atoms with Crippen molar-refractivity contribution in [2.45, 2.75) is 0 Å². The lowest BCUT2D eigenvalue weighted by atomic mass is 10.0. The normalized spacial score (nSPS) is 11.8. The van der Waals surface area contributed by atoms with Gasteiger partial charge >= 0.3 is 0 Å². The molecule has 9 aromatic carbocycles. The summed E-state index contributed by atoms with van der Waals surface area (Å²) < 4.78 is 7.32. The van der Waals surface area contributed by atoms with E-state index in [1.807, 2.05) is 35.6 Å². The van der Waals surface area contributed by atoms with Gasteiger partial charge in [-0.2, -0.15) is 0 Å². The molecule has 0 atom stereocenters. The topological polar surface area (TPSA) is 48.5 Å². The van der Waals surface area contributed by atoms with Crippen LogP contribution in [0, 0.1) is 0 Å². The predicted molar refractivity (Wildman–Crippen MR) is 263 cm³/mol. The lowest BCUT2D eigenvalue weighted by Gasteiger charge is -2.12. The first kappa shape index (κ1) is 35.6. The average Bonchev–Trinajstić information content (AvgIpc) is 4.00. The van der Waals surface area contributed by atoms with Crippen LogP contribution in [0.4, 0.5) is 0 Å². The highest BCUT2D eigenvalue weighted by Crippen LogP contribution is 2.42. The van der Waals surface area contributed by atoms with Crippen LogP contribution in [0.1, 0.15) is 0 Å². The molecule has 294 valence electrons. The van der Waals surface area contributed by atoms with Crippen LogP contribution >= 0.6 is 11.3 Å². The SMILES string of the molecule is c1ccc(-c2ccc(-c3nc(-c4ccccc4)nc(-c4cccc(-n5c6ccccc6c6cc7c(cc65)sc5cc(-n6c8ccccc8c8ccccc86)ccc57)c4)n3)cc2)cc1. The Balaban J connectivity index is 0.950. The summed E-state index contributed by atoms with van der Waals surface area (Å²) in [5.41, 5.74) is 12.1. The Bertz CT molecular complexity index is 3850. The van der Waals surface area contributed by atoms with E-state index < -0.39 is 0 Å². The van der Waals surface area contributed by atoms with Crippen molar-refractivity contribution in [3.05, 3.63) is 212 Å². The van der Waals surface area contributed by atoms with Crippen molar-refractivity contribution in [1.29, 1.82) is 0 Å². The van der Waals surface area contributed by atoms with Crippen LogP contribution in [0.5, 0.6) is 0 Å². The fourth-order valence-corrected chi connectivity index (χ4v) is 10.6. The fourth-order valence-electron chi connectivity index (χ4n) is 9.42. The number of thiophene rings is 1. The van der Waals surface area contributed by atoms with Gasteiger partial charge in [-0.15, -0.1) is 11.3 Å². The third-order valence-electron chi connectivity index (χ3n) is 12.4. The number of hydrogen-bond acceptors (Lipinski definition) is 4. The Morgan fingerprint density at radius 1 is 0.270 bits per heavy atom.